The summed E-state index contributed by atoms with van der Waals surface area (Å²) in [5.41, 5.74) is 3.27. The van der Waals surface area contributed by atoms with E-state index in [0.29, 0.717) is 6.42 Å². The summed E-state index contributed by atoms with van der Waals surface area (Å²) in [6.45, 7) is 0. The summed E-state index contributed by atoms with van der Waals surface area (Å²) >= 11 is 1.54. The van der Waals surface area contributed by atoms with Gasteiger partial charge in [0.05, 0.1) is 12.6 Å². The van der Waals surface area contributed by atoms with Crippen LogP contribution in [0.5, 0.6) is 5.75 Å². The number of rotatable bonds is 4. The SMILES string of the molecule is O=C(Cc1cccs1)N/N=C/c1ccc(O)cc1. The Morgan fingerprint density at radius 1 is 1.33 bits per heavy atom. The van der Waals surface area contributed by atoms with Crippen molar-refractivity contribution in [1.82, 2.24) is 5.43 Å². The van der Waals surface area contributed by atoms with Crippen molar-refractivity contribution < 1.29 is 9.90 Å². The van der Waals surface area contributed by atoms with E-state index in [-0.39, 0.29) is 11.7 Å². The average Bonchev–Trinajstić information content (AvgIpc) is 2.84. The van der Waals surface area contributed by atoms with E-state index in [0.717, 1.165) is 10.4 Å². The first-order valence-corrected chi connectivity index (χ1v) is 6.25. The number of nitrogens with zero attached hydrogens (tertiary/aromatic N) is 1. The molecule has 1 heterocycles. The van der Waals surface area contributed by atoms with Gasteiger partial charge in [-0.05, 0) is 41.3 Å². The number of carbonyl (C=O) groups excluding carboxylic acids is 1. The Labute approximate surface area is 109 Å². The van der Waals surface area contributed by atoms with Gasteiger partial charge >= 0.3 is 0 Å². The Bertz CT molecular complexity index is 533. The number of benzene rings is 1. The Hall–Kier alpha value is -2.14. The van der Waals surface area contributed by atoms with E-state index in [4.69, 9.17) is 5.11 Å². The molecule has 0 atom stereocenters. The van der Waals surface area contributed by atoms with Gasteiger partial charge in [-0.25, -0.2) is 5.43 Å². The lowest BCUT2D eigenvalue weighted by Gasteiger charge is -1.97. The molecule has 1 aromatic carbocycles. The third kappa shape index (κ3) is 3.71. The molecule has 5 heteroatoms. The predicted molar refractivity (Wildman–Crippen MR) is 71.9 cm³/mol. The minimum Gasteiger partial charge on any atom is -0.508 e. The van der Waals surface area contributed by atoms with Gasteiger partial charge in [-0.2, -0.15) is 5.10 Å². The molecule has 4 nitrogen and oxygen atoms in total. The summed E-state index contributed by atoms with van der Waals surface area (Å²) in [6.07, 6.45) is 1.87. The molecule has 2 aromatic rings. The highest BCUT2D eigenvalue weighted by molar-refractivity contribution is 7.10. The van der Waals surface area contributed by atoms with E-state index in [1.165, 1.54) is 6.21 Å². The van der Waals surface area contributed by atoms with Crippen LogP contribution in [0.1, 0.15) is 10.4 Å². The molecule has 0 saturated heterocycles. The van der Waals surface area contributed by atoms with Crippen LogP contribution in [0, 0.1) is 0 Å². The molecule has 0 bridgehead atoms. The molecule has 0 fully saturated rings. The molecule has 1 amide bonds. The minimum absolute atomic E-state index is 0.146. The molecule has 0 radical (unpaired) electrons. The summed E-state index contributed by atoms with van der Waals surface area (Å²) in [7, 11) is 0. The Balaban J connectivity index is 1.84. The van der Waals surface area contributed by atoms with Crippen LogP contribution in [0.15, 0.2) is 46.9 Å². The highest BCUT2D eigenvalue weighted by Crippen LogP contribution is 2.09. The molecule has 0 spiro atoms. The molecule has 0 saturated carbocycles. The van der Waals surface area contributed by atoms with E-state index in [2.05, 4.69) is 10.5 Å². The Kier molecular flexibility index (Phi) is 4.09. The van der Waals surface area contributed by atoms with E-state index in [9.17, 15) is 4.79 Å². The molecular weight excluding hydrogens is 248 g/mol. The number of phenols is 1. The van der Waals surface area contributed by atoms with Gasteiger partial charge in [0, 0.05) is 4.88 Å². The number of phenolic OH excluding ortho intramolecular Hbond substituents is 1. The lowest BCUT2D eigenvalue weighted by molar-refractivity contribution is -0.120. The standard InChI is InChI=1S/C13H12N2O2S/c16-11-5-3-10(4-6-11)9-14-15-13(17)8-12-2-1-7-18-12/h1-7,9,16H,8H2,(H,15,17)/b14-9+. The lowest BCUT2D eigenvalue weighted by atomic mass is 10.2. The van der Waals surface area contributed by atoms with Crippen LogP contribution >= 0.6 is 11.3 Å². The monoisotopic (exact) mass is 260 g/mol. The zero-order chi connectivity index (χ0) is 12.8. The molecule has 2 rings (SSSR count). The van der Waals surface area contributed by atoms with Gasteiger partial charge in [0.1, 0.15) is 5.75 Å². The van der Waals surface area contributed by atoms with Gasteiger partial charge < -0.3 is 5.11 Å². The van der Waals surface area contributed by atoms with Crippen molar-refractivity contribution in [3.05, 3.63) is 52.2 Å². The van der Waals surface area contributed by atoms with Crippen LogP contribution < -0.4 is 5.43 Å². The molecule has 1 aromatic heterocycles. The van der Waals surface area contributed by atoms with E-state index >= 15 is 0 Å². The van der Waals surface area contributed by atoms with Crippen LogP contribution in [0.4, 0.5) is 0 Å². The average molecular weight is 260 g/mol. The normalized spacial score (nSPS) is 10.7. The van der Waals surface area contributed by atoms with Gasteiger partial charge in [0.25, 0.3) is 0 Å². The molecule has 0 aliphatic rings. The zero-order valence-corrected chi connectivity index (χ0v) is 10.4. The predicted octanol–water partition coefficient (Wildman–Crippen LogP) is 2.15. The van der Waals surface area contributed by atoms with E-state index in [1.54, 1.807) is 35.6 Å². The smallest absolute Gasteiger partial charge is 0.245 e. The summed E-state index contributed by atoms with van der Waals surface area (Å²) < 4.78 is 0. The molecule has 92 valence electrons. The van der Waals surface area contributed by atoms with Crippen molar-refractivity contribution in [3.63, 3.8) is 0 Å². The molecular formula is C13H12N2O2S. The molecule has 0 aliphatic heterocycles. The number of hydrogen-bond donors (Lipinski definition) is 2. The summed E-state index contributed by atoms with van der Waals surface area (Å²) in [4.78, 5) is 12.5. The molecule has 2 N–H and O–H groups in total. The van der Waals surface area contributed by atoms with Crippen molar-refractivity contribution in [2.45, 2.75) is 6.42 Å². The van der Waals surface area contributed by atoms with Crippen molar-refractivity contribution in [2.24, 2.45) is 5.10 Å². The van der Waals surface area contributed by atoms with Gasteiger partial charge in [-0.15, -0.1) is 11.3 Å². The molecule has 0 unspecified atom stereocenters. The number of carbonyl (C=O) groups is 1. The maximum atomic E-state index is 11.5. The first-order valence-electron chi connectivity index (χ1n) is 5.37. The lowest BCUT2D eigenvalue weighted by Crippen LogP contribution is -2.19. The highest BCUT2D eigenvalue weighted by atomic mass is 32.1. The van der Waals surface area contributed by atoms with E-state index in [1.807, 2.05) is 17.5 Å². The fraction of sp³-hybridized carbons (Fsp3) is 0.0769. The van der Waals surface area contributed by atoms with Crippen LogP contribution in [0.25, 0.3) is 0 Å². The van der Waals surface area contributed by atoms with Gasteiger partial charge in [0.2, 0.25) is 5.91 Å². The second-order valence-corrected chi connectivity index (χ2v) is 4.67. The topological polar surface area (TPSA) is 61.7 Å². The number of thiophene rings is 1. The second-order valence-electron chi connectivity index (χ2n) is 3.64. The number of amides is 1. The van der Waals surface area contributed by atoms with Gasteiger partial charge in [-0.3, -0.25) is 4.79 Å². The van der Waals surface area contributed by atoms with Crippen LogP contribution in [0.2, 0.25) is 0 Å². The third-order valence-electron chi connectivity index (χ3n) is 2.21. The highest BCUT2D eigenvalue weighted by Gasteiger charge is 2.01. The number of aromatic hydroxyl groups is 1. The van der Waals surface area contributed by atoms with Gasteiger partial charge in [0.15, 0.2) is 0 Å². The molecule has 0 aliphatic carbocycles. The van der Waals surface area contributed by atoms with E-state index < -0.39 is 0 Å². The Morgan fingerprint density at radius 2 is 2.11 bits per heavy atom. The van der Waals surface area contributed by atoms with Gasteiger partial charge in [-0.1, -0.05) is 6.07 Å². The maximum absolute atomic E-state index is 11.5. The maximum Gasteiger partial charge on any atom is 0.245 e. The number of hydrazone groups is 1. The quantitative estimate of drug-likeness (QED) is 0.653. The largest absolute Gasteiger partial charge is 0.508 e. The summed E-state index contributed by atoms with van der Waals surface area (Å²) in [6, 6.07) is 10.4. The number of hydrogen-bond acceptors (Lipinski definition) is 4. The fourth-order valence-corrected chi connectivity index (χ4v) is 2.05. The fourth-order valence-electron chi connectivity index (χ4n) is 1.35. The van der Waals surface area contributed by atoms with Crippen molar-refractivity contribution in [2.75, 3.05) is 0 Å². The third-order valence-corrected chi connectivity index (χ3v) is 3.09. The van der Waals surface area contributed by atoms with Crippen LogP contribution in [-0.4, -0.2) is 17.2 Å². The Morgan fingerprint density at radius 3 is 2.78 bits per heavy atom. The zero-order valence-electron chi connectivity index (χ0n) is 9.54. The van der Waals surface area contributed by atoms with Crippen LogP contribution in [-0.2, 0) is 11.2 Å². The first kappa shape index (κ1) is 12.3. The van der Waals surface area contributed by atoms with Crippen molar-refractivity contribution >= 4 is 23.5 Å². The van der Waals surface area contributed by atoms with Crippen molar-refractivity contribution in [1.29, 1.82) is 0 Å². The number of nitrogens with one attached hydrogen (secondary N) is 1. The van der Waals surface area contributed by atoms with Crippen molar-refractivity contribution in [3.8, 4) is 5.75 Å². The molecule has 18 heavy (non-hydrogen) atoms. The second kappa shape index (κ2) is 5.97. The minimum atomic E-state index is -0.146. The van der Waals surface area contributed by atoms with Crippen LogP contribution in [0.3, 0.4) is 0 Å². The first-order chi connectivity index (χ1) is 8.74. The summed E-state index contributed by atoms with van der Waals surface area (Å²) in [5.74, 6) is 0.0568. The summed E-state index contributed by atoms with van der Waals surface area (Å²) in [5, 5.41) is 14.9.